The molecule has 3 aromatic rings. The number of para-hydroxylation sites is 2. The first-order valence-corrected chi connectivity index (χ1v) is 9.86. The molecule has 0 unspecified atom stereocenters. The van der Waals surface area contributed by atoms with Gasteiger partial charge in [-0.2, -0.15) is 0 Å². The third-order valence-electron chi connectivity index (χ3n) is 5.49. The summed E-state index contributed by atoms with van der Waals surface area (Å²) >= 11 is 6.03. The maximum Gasteiger partial charge on any atom is 0.114 e. The first kappa shape index (κ1) is 16.7. The number of aryl methyl sites for hydroxylation is 1. The number of halogens is 1. The molecule has 0 aliphatic heterocycles. The molecule has 0 atom stereocenters. The van der Waals surface area contributed by atoms with Gasteiger partial charge < -0.3 is 4.57 Å². The molecule has 2 aromatic carbocycles. The van der Waals surface area contributed by atoms with Gasteiger partial charge in [-0.3, -0.25) is 0 Å². The molecule has 1 saturated carbocycles. The Morgan fingerprint density at radius 1 is 0.960 bits per heavy atom. The molecule has 1 aliphatic carbocycles. The van der Waals surface area contributed by atoms with Crippen molar-refractivity contribution in [3.63, 3.8) is 0 Å². The molecule has 1 aromatic heterocycles. The van der Waals surface area contributed by atoms with Crippen LogP contribution in [0.2, 0.25) is 5.02 Å². The monoisotopic (exact) mass is 352 g/mol. The molecule has 3 heteroatoms. The van der Waals surface area contributed by atoms with Crippen molar-refractivity contribution >= 4 is 22.6 Å². The molecular formula is C22H25ClN2. The van der Waals surface area contributed by atoms with Crippen molar-refractivity contribution in [2.45, 2.75) is 51.5 Å². The normalized spacial score (nSPS) is 15.7. The Morgan fingerprint density at radius 3 is 2.52 bits per heavy atom. The summed E-state index contributed by atoms with van der Waals surface area (Å²) in [5, 5.41) is 0.787. The van der Waals surface area contributed by atoms with E-state index in [1.807, 2.05) is 12.1 Å². The summed E-state index contributed by atoms with van der Waals surface area (Å²) in [6, 6.07) is 16.7. The van der Waals surface area contributed by atoms with Crippen molar-refractivity contribution in [1.29, 1.82) is 0 Å². The van der Waals surface area contributed by atoms with Crippen LogP contribution < -0.4 is 0 Å². The molecule has 1 fully saturated rings. The summed E-state index contributed by atoms with van der Waals surface area (Å²) < 4.78 is 2.44. The third kappa shape index (κ3) is 3.90. The van der Waals surface area contributed by atoms with E-state index >= 15 is 0 Å². The van der Waals surface area contributed by atoms with Crippen molar-refractivity contribution in [1.82, 2.24) is 9.55 Å². The van der Waals surface area contributed by atoms with Crippen molar-refractivity contribution in [2.75, 3.05) is 0 Å². The minimum absolute atomic E-state index is 0.787. The Morgan fingerprint density at radius 2 is 1.72 bits per heavy atom. The Kier molecular flexibility index (Phi) is 5.07. The predicted molar refractivity (Wildman–Crippen MR) is 105 cm³/mol. The summed E-state index contributed by atoms with van der Waals surface area (Å²) in [6.07, 6.45) is 9.18. The van der Waals surface area contributed by atoms with Crippen molar-refractivity contribution < 1.29 is 0 Å². The van der Waals surface area contributed by atoms with Gasteiger partial charge in [-0.1, -0.05) is 68.0 Å². The Labute approximate surface area is 154 Å². The van der Waals surface area contributed by atoms with E-state index in [1.165, 1.54) is 55.4 Å². The fraction of sp³-hybridized carbons (Fsp3) is 0.409. The smallest absolute Gasteiger partial charge is 0.114 e. The molecule has 0 radical (unpaired) electrons. The van der Waals surface area contributed by atoms with Gasteiger partial charge in [0.25, 0.3) is 0 Å². The standard InChI is InChI=1S/C22H25ClN2/c23-19-12-10-18(11-13-19)16-22-24-20-8-4-5-9-21(20)25(22)15-14-17-6-2-1-3-7-17/h4-5,8-13,17H,1-3,6-7,14-16H2. The van der Waals surface area contributed by atoms with Crippen LogP contribution in [-0.2, 0) is 13.0 Å². The van der Waals surface area contributed by atoms with Crippen LogP contribution in [0, 0.1) is 5.92 Å². The number of benzene rings is 2. The second-order valence-corrected chi connectivity index (χ2v) is 7.70. The van der Waals surface area contributed by atoms with Crippen LogP contribution in [0.5, 0.6) is 0 Å². The quantitative estimate of drug-likeness (QED) is 0.530. The molecule has 0 spiro atoms. The van der Waals surface area contributed by atoms with Crippen LogP contribution in [0.1, 0.15) is 49.9 Å². The van der Waals surface area contributed by atoms with E-state index in [0.717, 1.165) is 29.4 Å². The van der Waals surface area contributed by atoms with E-state index < -0.39 is 0 Å². The number of aromatic nitrogens is 2. The number of imidazole rings is 1. The van der Waals surface area contributed by atoms with Gasteiger partial charge in [0.2, 0.25) is 0 Å². The molecule has 1 aliphatic rings. The minimum atomic E-state index is 0.787. The number of fused-ring (bicyclic) bond motifs is 1. The minimum Gasteiger partial charge on any atom is -0.328 e. The second-order valence-electron chi connectivity index (χ2n) is 7.26. The highest BCUT2D eigenvalue weighted by atomic mass is 35.5. The lowest BCUT2D eigenvalue weighted by Crippen LogP contribution is -2.12. The number of hydrogen-bond acceptors (Lipinski definition) is 1. The van der Waals surface area contributed by atoms with E-state index in [2.05, 4.69) is 41.0 Å². The zero-order valence-electron chi connectivity index (χ0n) is 14.6. The fourth-order valence-corrected chi connectivity index (χ4v) is 4.21. The van der Waals surface area contributed by atoms with Crippen LogP contribution in [0.25, 0.3) is 11.0 Å². The Bertz CT molecular complexity index is 829. The van der Waals surface area contributed by atoms with Gasteiger partial charge in [-0.15, -0.1) is 0 Å². The fourth-order valence-electron chi connectivity index (χ4n) is 4.08. The van der Waals surface area contributed by atoms with Crippen molar-refractivity contribution in [3.8, 4) is 0 Å². The summed E-state index contributed by atoms with van der Waals surface area (Å²) in [7, 11) is 0. The van der Waals surface area contributed by atoms with Crippen LogP contribution in [-0.4, -0.2) is 9.55 Å². The average Bonchev–Trinajstić information content (AvgIpc) is 3.00. The summed E-state index contributed by atoms with van der Waals surface area (Å²) in [4.78, 5) is 4.92. The van der Waals surface area contributed by atoms with Gasteiger partial charge in [-0.25, -0.2) is 4.98 Å². The lowest BCUT2D eigenvalue weighted by atomic mass is 9.87. The number of rotatable bonds is 5. The highest BCUT2D eigenvalue weighted by Crippen LogP contribution is 2.28. The Hall–Kier alpha value is -1.80. The van der Waals surface area contributed by atoms with Gasteiger partial charge in [0, 0.05) is 18.0 Å². The van der Waals surface area contributed by atoms with E-state index in [4.69, 9.17) is 16.6 Å². The van der Waals surface area contributed by atoms with E-state index in [9.17, 15) is 0 Å². The van der Waals surface area contributed by atoms with Gasteiger partial charge >= 0.3 is 0 Å². The second kappa shape index (κ2) is 7.61. The molecule has 130 valence electrons. The van der Waals surface area contributed by atoms with Gasteiger partial charge in [0.1, 0.15) is 5.82 Å². The summed E-state index contributed by atoms with van der Waals surface area (Å²) in [5.41, 5.74) is 3.64. The first-order chi connectivity index (χ1) is 12.3. The molecule has 0 amide bonds. The van der Waals surface area contributed by atoms with E-state index in [0.29, 0.717) is 0 Å². The maximum absolute atomic E-state index is 6.03. The third-order valence-corrected chi connectivity index (χ3v) is 5.75. The number of hydrogen-bond donors (Lipinski definition) is 0. The van der Waals surface area contributed by atoms with E-state index in [-0.39, 0.29) is 0 Å². The zero-order valence-corrected chi connectivity index (χ0v) is 15.4. The molecule has 25 heavy (non-hydrogen) atoms. The zero-order chi connectivity index (χ0) is 17.1. The van der Waals surface area contributed by atoms with Crippen LogP contribution in [0.4, 0.5) is 0 Å². The van der Waals surface area contributed by atoms with Gasteiger partial charge in [0.05, 0.1) is 11.0 Å². The Balaban J connectivity index is 1.59. The summed E-state index contributed by atoms with van der Waals surface area (Å²) in [5.74, 6) is 2.05. The lowest BCUT2D eigenvalue weighted by molar-refractivity contribution is 0.324. The molecule has 0 bridgehead atoms. The first-order valence-electron chi connectivity index (χ1n) is 9.48. The topological polar surface area (TPSA) is 17.8 Å². The maximum atomic E-state index is 6.03. The number of nitrogens with zero attached hydrogens (tertiary/aromatic N) is 2. The molecule has 2 nitrogen and oxygen atoms in total. The molecule has 1 heterocycles. The molecule has 0 N–H and O–H groups in total. The van der Waals surface area contributed by atoms with Gasteiger partial charge in [0.15, 0.2) is 0 Å². The van der Waals surface area contributed by atoms with Crippen molar-refractivity contribution in [3.05, 3.63) is 64.9 Å². The highest BCUT2D eigenvalue weighted by Gasteiger charge is 2.16. The largest absolute Gasteiger partial charge is 0.328 e. The lowest BCUT2D eigenvalue weighted by Gasteiger charge is -2.22. The molecule has 0 saturated heterocycles. The highest BCUT2D eigenvalue weighted by molar-refractivity contribution is 6.30. The molecular weight excluding hydrogens is 328 g/mol. The van der Waals surface area contributed by atoms with E-state index in [1.54, 1.807) is 0 Å². The van der Waals surface area contributed by atoms with Crippen LogP contribution >= 0.6 is 11.6 Å². The SMILES string of the molecule is Clc1ccc(Cc2nc3ccccc3n2CCC2CCCCC2)cc1. The predicted octanol–water partition coefficient (Wildman–Crippen LogP) is 6.25. The van der Waals surface area contributed by atoms with Crippen molar-refractivity contribution in [2.24, 2.45) is 5.92 Å². The van der Waals surface area contributed by atoms with Crippen LogP contribution in [0.15, 0.2) is 48.5 Å². The van der Waals surface area contributed by atoms with Gasteiger partial charge in [-0.05, 0) is 42.2 Å². The summed E-state index contributed by atoms with van der Waals surface area (Å²) in [6.45, 7) is 1.08. The molecule has 4 rings (SSSR count). The van der Waals surface area contributed by atoms with Crippen LogP contribution in [0.3, 0.4) is 0 Å². The average molecular weight is 353 g/mol.